The van der Waals surface area contributed by atoms with E-state index in [1.54, 1.807) is 0 Å². The van der Waals surface area contributed by atoms with Crippen LogP contribution in [0.1, 0.15) is 0 Å². The lowest BCUT2D eigenvalue weighted by Crippen LogP contribution is -2.05. The number of rotatable bonds is 4. The second-order valence-corrected chi connectivity index (χ2v) is 14.2. The third-order valence-corrected chi connectivity index (χ3v) is 11.2. The lowest BCUT2D eigenvalue weighted by atomic mass is 10.1. The van der Waals surface area contributed by atoms with E-state index in [1.165, 1.54) is 43.4 Å². The molecule has 0 aliphatic heterocycles. The van der Waals surface area contributed by atoms with Gasteiger partial charge in [-0.25, -0.2) is 9.97 Å². The Balaban J connectivity index is 1.33. The van der Waals surface area contributed by atoms with Crippen molar-refractivity contribution in [3.05, 3.63) is 188 Å². The number of para-hydroxylation sites is 4. The second kappa shape index (κ2) is 11.5. The second-order valence-electron chi connectivity index (χ2n) is 14.2. The molecule has 0 atom stereocenters. The first-order valence-electron chi connectivity index (χ1n) is 18.7. The molecule has 0 saturated carbocycles. The van der Waals surface area contributed by atoms with Crippen LogP contribution < -0.4 is 0 Å². The number of hydrogen-bond acceptors (Lipinski definition) is 2. The first kappa shape index (κ1) is 30.0. The maximum absolute atomic E-state index is 5.60. The summed E-state index contributed by atoms with van der Waals surface area (Å²) >= 11 is 0. The Morgan fingerprint density at radius 1 is 0.327 bits per heavy atom. The Morgan fingerprint density at radius 3 is 1.65 bits per heavy atom. The Kier molecular flexibility index (Phi) is 6.27. The minimum atomic E-state index is 0.689. The Labute approximate surface area is 315 Å². The van der Waals surface area contributed by atoms with Gasteiger partial charge in [0.25, 0.3) is 0 Å². The van der Waals surface area contributed by atoms with Crippen molar-refractivity contribution in [2.45, 2.75) is 0 Å². The van der Waals surface area contributed by atoms with Gasteiger partial charge in [0.2, 0.25) is 0 Å². The van der Waals surface area contributed by atoms with Gasteiger partial charge in [-0.3, -0.25) is 4.57 Å². The fourth-order valence-electron chi connectivity index (χ4n) is 8.93. The summed E-state index contributed by atoms with van der Waals surface area (Å²) in [4.78, 5) is 11.0. The molecule has 5 heteroatoms. The van der Waals surface area contributed by atoms with E-state index in [-0.39, 0.29) is 0 Å². The minimum Gasteiger partial charge on any atom is -0.309 e. The largest absolute Gasteiger partial charge is 0.309 e. The fraction of sp³-hybridized carbons (Fsp3) is 0. The zero-order chi connectivity index (χ0) is 36.0. The van der Waals surface area contributed by atoms with E-state index in [2.05, 4.69) is 196 Å². The zero-order valence-corrected chi connectivity index (χ0v) is 29.6. The van der Waals surface area contributed by atoms with Gasteiger partial charge in [-0.05, 0) is 53.9 Å². The van der Waals surface area contributed by atoms with Crippen LogP contribution in [0.2, 0.25) is 0 Å². The Bertz CT molecular complexity index is 3470. The van der Waals surface area contributed by atoms with E-state index < -0.39 is 0 Å². The van der Waals surface area contributed by atoms with Crippen molar-refractivity contribution >= 4 is 76.3 Å². The fourth-order valence-corrected chi connectivity index (χ4v) is 8.93. The molecular weight excluding hydrogens is 671 g/mol. The van der Waals surface area contributed by atoms with Crippen molar-refractivity contribution in [1.82, 2.24) is 23.7 Å². The molecule has 55 heavy (non-hydrogen) atoms. The zero-order valence-electron chi connectivity index (χ0n) is 29.6. The van der Waals surface area contributed by atoms with Crippen molar-refractivity contribution in [1.29, 1.82) is 0 Å². The van der Waals surface area contributed by atoms with Crippen LogP contribution in [0, 0.1) is 0 Å². The maximum Gasteiger partial charge on any atom is 0.166 e. The maximum atomic E-state index is 5.60. The van der Waals surface area contributed by atoms with Gasteiger partial charge in [0, 0.05) is 49.3 Å². The molecule has 0 spiro atoms. The highest BCUT2D eigenvalue weighted by molar-refractivity contribution is 6.27. The molecule has 0 aliphatic carbocycles. The van der Waals surface area contributed by atoms with E-state index in [0.29, 0.717) is 5.82 Å². The van der Waals surface area contributed by atoms with Crippen molar-refractivity contribution in [2.75, 3.05) is 0 Å². The summed E-state index contributed by atoms with van der Waals surface area (Å²) in [6.07, 6.45) is 0. The summed E-state index contributed by atoms with van der Waals surface area (Å²) in [6, 6.07) is 67.0. The molecule has 5 nitrogen and oxygen atoms in total. The standard InChI is InChI=1S/C50H31N5/c1-4-17-33(18-5-1)49-51-45-40-29-28-32-16-10-11-23-36(32)46(40)54(35-21-8-3-9-22-35)48(45)50(52-49)55-42-27-15-13-25-39(42)44-43(55)31-30-38-37-24-12-14-26-41(37)53(47(38)44)34-19-6-2-7-20-34/h1-31H. The van der Waals surface area contributed by atoms with Gasteiger partial charge in [0.15, 0.2) is 11.6 Å². The first-order chi connectivity index (χ1) is 27.3. The lowest BCUT2D eigenvalue weighted by molar-refractivity contribution is 1.05. The molecule has 0 N–H and O–H groups in total. The molecule has 0 saturated heterocycles. The summed E-state index contributed by atoms with van der Waals surface area (Å²) in [5.74, 6) is 1.52. The van der Waals surface area contributed by atoms with Crippen LogP contribution in [0.4, 0.5) is 0 Å². The lowest BCUT2D eigenvalue weighted by Gasteiger charge is -2.15. The van der Waals surface area contributed by atoms with Gasteiger partial charge in [0.1, 0.15) is 11.0 Å². The molecule has 0 amide bonds. The molecule has 12 aromatic rings. The number of nitrogens with zero attached hydrogens (tertiary/aromatic N) is 5. The summed E-state index contributed by atoms with van der Waals surface area (Å²) in [7, 11) is 0. The molecule has 256 valence electrons. The quantitative estimate of drug-likeness (QED) is 0.183. The third kappa shape index (κ3) is 4.23. The van der Waals surface area contributed by atoms with Crippen LogP contribution in [0.5, 0.6) is 0 Å². The number of benzene rings is 8. The van der Waals surface area contributed by atoms with Crippen LogP contribution in [0.3, 0.4) is 0 Å². The van der Waals surface area contributed by atoms with E-state index in [9.17, 15) is 0 Å². The highest BCUT2D eigenvalue weighted by Crippen LogP contribution is 2.44. The molecule has 0 fully saturated rings. The summed E-state index contributed by atoms with van der Waals surface area (Å²) < 4.78 is 7.20. The topological polar surface area (TPSA) is 40.6 Å². The van der Waals surface area contributed by atoms with Crippen LogP contribution in [0.15, 0.2) is 188 Å². The average molecular weight is 702 g/mol. The van der Waals surface area contributed by atoms with E-state index in [0.717, 1.165) is 55.7 Å². The molecule has 0 bridgehead atoms. The van der Waals surface area contributed by atoms with Crippen LogP contribution >= 0.6 is 0 Å². The van der Waals surface area contributed by atoms with E-state index in [1.807, 2.05) is 6.07 Å². The van der Waals surface area contributed by atoms with Crippen molar-refractivity contribution in [2.24, 2.45) is 0 Å². The van der Waals surface area contributed by atoms with Crippen LogP contribution in [-0.4, -0.2) is 23.7 Å². The highest BCUT2D eigenvalue weighted by Gasteiger charge is 2.26. The normalized spacial score (nSPS) is 12.0. The molecule has 8 aromatic carbocycles. The van der Waals surface area contributed by atoms with Crippen LogP contribution in [0.25, 0.3) is 105 Å². The van der Waals surface area contributed by atoms with Gasteiger partial charge < -0.3 is 9.13 Å². The number of fused-ring (bicyclic) bond motifs is 12. The average Bonchev–Trinajstić information content (AvgIpc) is 3.90. The Morgan fingerprint density at radius 2 is 0.909 bits per heavy atom. The van der Waals surface area contributed by atoms with Crippen LogP contribution in [-0.2, 0) is 0 Å². The predicted octanol–water partition coefficient (Wildman–Crippen LogP) is 12.6. The monoisotopic (exact) mass is 701 g/mol. The van der Waals surface area contributed by atoms with Gasteiger partial charge in [-0.15, -0.1) is 0 Å². The Hall–Kier alpha value is -7.50. The van der Waals surface area contributed by atoms with Crippen molar-refractivity contribution in [3.63, 3.8) is 0 Å². The molecule has 0 aliphatic rings. The number of aromatic nitrogens is 5. The summed E-state index contributed by atoms with van der Waals surface area (Å²) in [5, 5.41) is 8.25. The highest BCUT2D eigenvalue weighted by atomic mass is 15.1. The molecule has 4 aromatic heterocycles. The summed E-state index contributed by atoms with van der Waals surface area (Å²) in [5.41, 5.74) is 10.7. The van der Waals surface area contributed by atoms with Gasteiger partial charge >= 0.3 is 0 Å². The van der Waals surface area contributed by atoms with E-state index in [4.69, 9.17) is 9.97 Å². The SMILES string of the molecule is c1ccc(-c2nc(-n3c4ccccc4c4c3ccc3c5ccccc5n(-c5ccccc5)c34)c3c(n2)c2ccc4ccccc4c2n3-c2ccccc2)cc1. The smallest absolute Gasteiger partial charge is 0.166 e. The van der Waals surface area contributed by atoms with Gasteiger partial charge in [-0.1, -0.05) is 140 Å². The molecular formula is C50H31N5. The predicted molar refractivity (Wildman–Crippen MR) is 228 cm³/mol. The molecule has 12 rings (SSSR count). The molecule has 4 heterocycles. The first-order valence-corrected chi connectivity index (χ1v) is 18.7. The van der Waals surface area contributed by atoms with Gasteiger partial charge in [-0.2, -0.15) is 0 Å². The molecule has 0 unspecified atom stereocenters. The van der Waals surface area contributed by atoms with E-state index >= 15 is 0 Å². The minimum absolute atomic E-state index is 0.689. The third-order valence-electron chi connectivity index (χ3n) is 11.2. The summed E-state index contributed by atoms with van der Waals surface area (Å²) in [6.45, 7) is 0. The van der Waals surface area contributed by atoms with Crippen molar-refractivity contribution in [3.8, 4) is 28.6 Å². The van der Waals surface area contributed by atoms with Crippen molar-refractivity contribution < 1.29 is 0 Å². The number of hydrogen-bond donors (Lipinski definition) is 0. The molecule has 0 radical (unpaired) electrons. The van der Waals surface area contributed by atoms with Gasteiger partial charge in [0.05, 0.1) is 27.6 Å².